The molecule has 0 aromatic rings. The van der Waals surface area contributed by atoms with Crippen molar-refractivity contribution in [1.82, 2.24) is 4.90 Å². The molecule has 1 rings (SSSR count). The van der Waals surface area contributed by atoms with E-state index in [1.54, 1.807) is 0 Å². The lowest BCUT2D eigenvalue weighted by molar-refractivity contribution is -0.273. The van der Waals surface area contributed by atoms with Gasteiger partial charge in [0.15, 0.2) is 0 Å². The molecule has 4 nitrogen and oxygen atoms in total. The van der Waals surface area contributed by atoms with Gasteiger partial charge in [-0.2, -0.15) is 0 Å². The van der Waals surface area contributed by atoms with E-state index < -0.39 is 0 Å². The molecular formula is C8H15NO3. The lowest BCUT2D eigenvalue weighted by Crippen LogP contribution is -2.37. The topological polar surface area (TPSA) is 38.8 Å². The molecule has 0 aromatic carbocycles. The highest BCUT2D eigenvalue weighted by molar-refractivity contribution is 5.76. The molecule has 70 valence electrons. The molecule has 1 fully saturated rings. The molecule has 0 N–H and O–H groups in total. The number of piperidine rings is 1. The van der Waals surface area contributed by atoms with E-state index in [0.717, 1.165) is 19.4 Å². The molecule has 1 saturated heterocycles. The zero-order chi connectivity index (χ0) is 8.81. The van der Waals surface area contributed by atoms with Gasteiger partial charge in [0.1, 0.15) is 0 Å². The number of carbonyl (C=O) groups is 1. The van der Waals surface area contributed by atoms with Gasteiger partial charge in [0.2, 0.25) is 5.91 Å². The number of rotatable bonds is 4. The maximum atomic E-state index is 11.2. The van der Waals surface area contributed by atoms with Crippen LogP contribution in [0.25, 0.3) is 0 Å². The highest BCUT2D eigenvalue weighted by Gasteiger charge is 2.16. The third-order valence-corrected chi connectivity index (χ3v) is 1.98. The fourth-order valence-corrected chi connectivity index (χ4v) is 1.33. The van der Waals surface area contributed by atoms with Crippen molar-refractivity contribution in [2.45, 2.75) is 19.3 Å². The fourth-order valence-electron chi connectivity index (χ4n) is 1.33. The second-order valence-electron chi connectivity index (χ2n) is 2.83. The molecule has 1 heterocycles. The van der Waals surface area contributed by atoms with Crippen molar-refractivity contribution >= 4 is 5.91 Å². The van der Waals surface area contributed by atoms with Crippen molar-refractivity contribution < 1.29 is 14.6 Å². The van der Waals surface area contributed by atoms with Gasteiger partial charge >= 0.3 is 0 Å². The maximum absolute atomic E-state index is 11.2. The van der Waals surface area contributed by atoms with Crippen molar-refractivity contribution in [3.05, 3.63) is 0 Å². The Bertz CT molecular complexity index is 149. The zero-order valence-corrected chi connectivity index (χ0v) is 7.41. The summed E-state index contributed by atoms with van der Waals surface area (Å²) < 4.78 is 0. The first-order valence-electron chi connectivity index (χ1n) is 4.28. The average Bonchev–Trinajstić information content (AvgIpc) is 2.09. The molecule has 4 heteroatoms. The number of likely N-dealkylation sites (tertiary alicyclic amines) is 1. The molecular weight excluding hydrogens is 158 g/mol. The lowest BCUT2D eigenvalue weighted by Gasteiger charge is -2.25. The third-order valence-electron chi connectivity index (χ3n) is 1.98. The molecule has 1 aliphatic heterocycles. The predicted molar refractivity (Wildman–Crippen MR) is 43.4 cm³/mol. The minimum Gasteiger partial charge on any atom is -0.340 e. The first kappa shape index (κ1) is 9.48. The fraction of sp³-hybridized carbons (Fsp3) is 0.875. The van der Waals surface area contributed by atoms with E-state index in [0.29, 0.717) is 19.6 Å². The maximum Gasteiger partial charge on any atom is 0.222 e. The number of hydrogen-bond acceptors (Lipinski definition) is 3. The Morgan fingerprint density at radius 3 is 3.00 bits per heavy atom. The van der Waals surface area contributed by atoms with E-state index in [2.05, 4.69) is 4.89 Å². The smallest absolute Gasteiger partial charge is 0.222 e. The minimum atomic E-state index is 0.237. The predicted octanol–water partition coefficient (Wildman–Crippen LogP) is 0.577. The van der Waals surface area contributed by atoms with Gasteiger partial charge < -0.3 is 4.90 Å². The van der Waals surface area contributed by atoms with Gasteiger partial charge in [-0.3, -0.25) is 4.79 Å². The van der Waals surface area contributed by atoms with Crippen LogP contribution in [0.3, 0.4) is 0 Å². The van der Waals surface area contributed by atoms with Crippen LogP contribution in [0.1, 0.15) is 19.3 Å². The van der Waals surface area contributed by atoms with Gasteiger partial charge in [0, 0.05) is 19.5 Å². The first-order valence-corrected chi connectivity index (χ1v) is 4.28. The molecule has 1 amide bonds. The van der Waals surface area contributed by atoms with Gasteiger partial charge in [-0.1, -0.05) is 0 Å². The largest absolute Gasteiger partial charge is 0.340 e. The van der Waals surface area contributed by atoms with Crippen molar-refractivity contribution in [2.75, 3.05) is 26.8 Å². The van der Waals surface area contributed by atoms with Crippen molar-refractivity contribution in [3.8, 4) is 0 Å². The third kappa shape index (κ3) is 2.79. The molecule has 0 bridgehead atoms. The van der Waals surface area contributed by atoms with E-state index >= 15 is 0 Å². The lowest BCUT2D eigenvalue weighted by atomic mass is 10.1. The van der Waals surface area contributed by atoms with E-state index in [9.17, 15) is 4.79 Å². The van der Waals surface area contributed by atoms with Crippen molar-refractivity contribution in [3.63, 3.8) is 0 Å². The summed E-state index contributed by atoms with van der Waals surface area (Å²) in [6.45, 7) is 1.97. The minimum absolute atomic E-state index is 0.237. The van der Waals surface area contributed by atoms with Crippen LogP contribution in [0.15, 0.2) is 0 Å². The van der Waals surface area contributed by atoms with E-state index in [1.165, 1.54) is 7.11 Å². The van der Waals surface area contributed by atoms with Crippen LogP contribution in [0, 0.1) is 0 Å². The van der Waals surface area contributed by atoms with Gasteiger partial charge in [0.25, 0.3) is 0 Å². The van der Waals surface area contributed by atoms with Gasteiger partial charge in [-0.05, 0) is 12.8 Å². The SMILES string of the molecule is COOCCN1CCCCC1=O. The normalized spacial score (nSPS) is 18.4. The summed E-state index contributed by atoms with van der Waals surface area (Å²) in [5.74, 6) is 0.237. The van der Waals surface area contributed by atoms with Crippen LogP contribution in [-0.4, -0.2) is 37.6 Å². The summed E-state index contributed by atoms with van der Waals surface area (Å²) in [6.07, 6.45) is 2.83. The van der Waals surface area contributed by atoms with Crippen LogP contribution in [0.4, 0.5) is 0 Å². The Labute approximate surface area is 72.4 Å². The summed E-state index contributed by atoms with van der Waals surface area (Å²) in [5.41, 5.74) is 0. The highest BCUT2D eigenvalue weighted by atomic mass is 17.2. The summed E-state index contributed by atoms with van der Waals surface area (Å²) >= 11 is 0. The Morgan fingerprint density at radius 2 is 2.33 bits per heavy atom. The summed E-state index contributed by atoms with van der Waals surface area (Å²) in [6, 6.07) is 0. The standard InChI is InChI=1S/C8H15NO3/c1-11-12-7-6-9-5-3-2-4-8(9)10/h2-7H2,1H3. The van der Waals surface area contributed by atoms with Crippen molar-refractivity contribution in [1.29, 1.82) is 0 Å². The Hall–Kier alpha value is -0.610. The van der Waals surface area contributed by atoms with Gasteiger partial charge in [-0.25, -0.2) is 9.78 Å². The second-order valence-corrected chi connectivity index (χ2v) is 2.83. The molecule has 0 aromatic heterocycles. The van der Waals surface area contributed by atoms with Crippen LogP contribution in [-0.2, 0) is 14.6 Å². The summed E-state index contributed by atoms with van der Waals surface area (Å²) in [7, 11) is 1.47. The van der Waals surface area contributed by atoms with Gasteiger partial charge in [-0.15, -0.1) is 0 Å². The van der Waals surface area contributed by atoms with Crippen LogP contribution < -0.4 is 0 Å². The monoisotopic (exact) mass is 173 g/mol. The Balaban J connectivity index is 2.16. The van der Waals surface area contributed by atoms with E-state index in [-0.39, 0.29) is 5.91 Å². The molecule has 0 spiro atoms. The number of nitrogens with zero attached hydrogens (tertiary/aromatic N) is 1. The molecule has 1 aliphatic rings. The average molecular weight is 173 g/mol. The van der Waals surface area contributed by atoms with E-state index in [4.69, 9.17) is 4.89 Å². The number of hydrogen-bond donors (Lipinski definition) is 0. The van der Waals surface area contributed by atoms with E-state index in [1.807, 2.05) is 4.90 Å². The molecule has 0 saturated carbocycles. The molecule has 0 radical (unpaired) electrons. The first-order chi connectivity index (χ1) is 5.84. The van der Waals surface area contributed by atoms with Crippen LogP contribution in [0.5, 0.6) is 0 Å². The Kier molecular flexibility index (Phi) is 4.04. The molecule has 0 atom stereocenters. The van der Waals surface area contributed by atoms with Gasteiger partial charge in [0.05, 0.1) is 13.7 Å². The summed E-state index contributed by atoms with van der Waals surface area (Å²) in [5, 5.41) is 0. The second kappa shape index (κ2) is 5.11. The zero-order valence-electron chi connectivity index (χ0n) is 7.41. The molecule has 12 heavy (non-hydrogen) atoms. The number of carbonyl (C=O) groups excluding carboxylic acids is 1. The summed E-state index contributed by atoms with van der Waals surface area (Å²) in [4.78, 5) is 22.2. The Morgan fingerprint density at radius 1 is 1.50 bits per heavy atom. The highest BCUT2D eigenvalue weighted by Crippen LogP contribution is 2.09. The van der Waals surface area contributed by atoms with Crippen LogP contribution >= 0.6 is 0 Å². The molecule has 0 unspecified atom stereocenters. The number of amides is 1. The van der Waals surface area contributed by atoms with Crippen LogP contribution in [0.2, 0.25) is 0 Å². The quantitative estimate of drug-likeness (QED) is 0.354. The van der Waals surface area contributed by atoms with Crippen molar-refractivity contribution in [2.24, 2.45) is 0 Å². The molecule has 0 aliphatic carbocycles.